The molecule has 0 saturated heterocycles. The van der Waals surface area contributed by atoms with E-state index in [1.165, 1.54) is 12.1 Å². The number of hydrogen-bond acceptors (Lipinski definition) is 1. The molecular formula is C86H64F9N5. The zero-order valence-electron chi connectivity index (χ0n) is 56.3. The topological polar surface area (TPSA) is 43.5 Å². The van der Waals surface area contributed by atoms with Gasteiger partial charge in [-0.3, -0.25) is 0 Å². The molecule has 0 atom stereocenters. The summed E-state index contributed by atoms with van der Waals surface area (Å²) in [6, 6.07) is 63.4. The molecular weight excluding hydrogens is 1270 g/mol. The van der Waals surface area contributed by atoms with Gasteiger partial charge in [-0.25, -0.2) is 0 Å². The van der Waals surface area contributed by atoms with E-state index in [1.54, 1.807) is 47.2 Å². The van der Waals surface area contributed by atoms with Crippen molar-refractivity contribution in [3.8, 4) is 51.1 Å². The van der Waals surface area contributed by atoms with E-state index in [9.17, 15) is 5.26 Å². The standard InChI is InChI=1S/C43H32F6N2.C43H32F3N3/c1-23-9-13-34-29(17-23)30-18-24(2)10-14-35(30)50(34)38-21-28(42(44,45)46)22-39(41(38)40-27(5)7-6-8-33(40)43(47,48)49)51-36-15-11-25(3)19-31(36)32-20-26(4)12-16-37(32)51;1-24-9-13-35-30(17-24)31-18-25(2)10-14-36(31)48(35)39-21-29(23-47)22-40(42(39)41-28(5)7-6-8-34(41)43(44,45)46)49-37-15-11-26(3)19-32(37)33-20-27(4)12-16-38(33)49/h6-22H,1-5H3;6-22H,1-5H3. The number of rotatable bonds is 6. The van der Waals surface area contributed by atoms with E-state index in [4.69, 9.17) is 0 Å². The Morgan fingerprint density at radius 3 is 0.680 bits per heavy atom. The SMILES string of the molecule is Cc1ccc2c(c1)c1cc(C)ccc1n2-c1cc(C#N)cc(-n2c3ccc(C)cc3c3cc(C)ccc32)c1-c1c(C)cccc1C(F)(F)F.Cc1ccc2c(c1)c1cc(C)ccc1n2-c1cc(C(F)(F)F)cc(-n2c3ccc(C)cc3c3cc(C)ccc32)c1-c1c(C)cccc1C(F)(F)F. The first-order chi connectivity index (χ1) is 47.6. The van der Waals surface area contributed by atoms with E-state index >= 15 is 39.5 Å². The molecule has 0 amide bonds. The minimum Gasteiger partial charge on any atom is -0.309 e. The second kappa shape index (κ2) is 23.4. The van der Waals surface area contributed by atoms with Crippen LogP contribution in [0.2, 0.25) is 0 Å². The van der Waals surface area contributed by atoms with Gasteiger partial charge in [0.15, 0.2) is 0 Å². The number of alkyl halides is 9. The van der Waals surface area contributed by atoms with E-state index in [0.29, 0.717) is 50.1 Å². The number of hydrogen-bond donors (Lipinski definition) is 0. The maximum absolute atomic E-state index is 15.2. The summed E-state index contributed by atoms with van der Waals surface area (Å²) in [5.74, 6) is 0. The van der Waals surface area contributed by atoms with Crippen LogP contribution in [0.4, 0.5) is 39.5 Å². The van der Waals surface area contributed by atoms with Gasteiger partial charge in [0.05, 0.1) is 95.2 Å². The third kappa shape index (κ3) is 10.6. The molecule has 0 bridgehead atoms. The number of nitrogens with zero attached hydrogens (tertiary/aromatic N) is 5. The van der Waals surface area contributed by atoms with Crippen molar-refractivity contribution >= 4 is 87.2 Å². The van der Waals surface area contributed by atoms with Gasteiger partial charge < -0.3 is 18.3 Å². The molecule has 0 aliphatic carbocycles. The van der Waals surface area contributed by atoms with Crippen LogP contribution in [0.1, 0.15) is 77.9 Å². The Balaban J connectivity index is 0.000000163. The lowest BCUT2D eigenvalue weighted by Gasteiger charge is -2.25. The second-order valence-electron chi connectivity index (χ2n) is 26.9. The molecule has 16 aromatic rings. The van der Waals surface area contributed by atoms with Gasteiger partial charge in [-0.05, 0) is 214 Å². The van der Waals surface area contributed by atoms with Gasteiger partial charge >= 0.3 is 18.5 Å². The number of benzene rings is 12. The Kier molecular flexibility index (Phi) is 15.2. The summed E-state index contributed by atoms with van der Waals surface area (Å²) in [6.07, 6.45) is -14.3. The van der Waals surface area contributed by atoms with Crippen LogP contribution in [0, 0.1) is 80.6 Å². The van der Waals surface area contributed by atoms with Gasteiger partial charge in [0, 0.05) is 65.3 Å². The fourth-order valence-electron chi connectivity index (χ4n) is 15.2. The van der Waals surface area contributed by atoms with Gasteiger partial charge in [-0.1, -0.05) is 117 Å². The van der Waals surface area contributed by atoms with E-state index in [1.807, 2.05) is 186 Å². The van der Waals surface area contributed by atoms with Gasteiger partial charge in [0.25, 0.3) is 0 Å². The maximum atomic E-state index is 15.2. The predicted octanol–water partition coefficient (Wildman–Crippen LogP) is 25.1. The van der Waals surface area contributed by atoms with E-state index in [2.05, 4.69) is 30.3 Å². The molecule has 0 fully saturated rings. The molecule has 0 saturated carbocycles. The fourth-order valence-corrected chi connectivity index (χ4v) is 15.2. The molecule has 4 heterocycles. The van der Waals surface area contributed by atoms with Crippen molar-refractivity contribution in [2.75, 3.05) is 0 Å². The summed E-state index contributed by atoms with van der Waals surface area (Å²) in [5.41, 5.74) is 13.7. The third-order valence-corrected chi connectivity index (χ3v) is 19.6. The van der Waals surface area contributed by atoms with Crippen LogP contribution in [-0.4, -0.2) is 18.3 Å². The number of aromatic nitrogens is 4. The van der Waals surface area contributed by atoms with Crippen molar-refractivity contribution in [2.45, 2.75) is 87.8 Å². The number of aryl methyl sites for hydroxylation is 10. The summed E-state index contributed by atoms with van der Waals surface area (Å²) in [5, 5.41) is 17.7. The first-order valence-electron chi connectivity index (χ1n) is 32.8. The summed E-state index contributed by atoms with van der Waals surface area (Å²) in [7, 11) is 0. The molecule has 0 spiro atoms. The summed E-state index contributed by atoms with van der Waals surface area (Å²) < 4.78 is 144. The Morgan fingerprint density at radius 2 is 0.480 bits per heavy atom. The number of halogens is 9. The Hall–Kier alpha value is -11.3. The van der Waals surface area contributed by atoms with Crippen LogP contribution < -0.4 is 0 Å². The molecule has 12 aromatic carbocycles. The van der Waals surface area contributed by atoms with Gasteiger partial charge in [0.1, 0.15) is 0 Å². The first-order valence-corrected chi connectivity index (χ1v) is 32.8. The lowest BCUT2D eigenvalue weighted by Crippen LogP contribution is -2.14. The molecule has 0 aliphatic heterocycles. The van der Waals surface area contributed by atoms with Crippen molar-refractivity contribution in [3.63, 3.8) is 0 Å². The molecule has 496 valence electrons. The van der Waals surface area contributed by atoms with E-state index in [-0.39, 0.29) is 33.6 Å². The van der Waals surface area contributed by atoms with Crippen molar-refractivity contribution < 1.29 is 39.5 Å². The smallest absolute Gasteiger partial charge is 0.309 e. The highest BCUT2D eigenvalue weighted by Gasteiger charge is 2.40. The molecule has 14 heteroatoms. The predicted molar refractivity (Wildman–Crippen MR) is 388 cm³/mol. The van der Waals surface area contributed by atoms with Gasteiger partial charge in [-0.15, -0.1) is 0 Å². The molecule has 0 N–H and O–H groups in total. The summed E-state index contributed by atoms with van der Waals surface area (Å²) >= 11 is 0. The van der Waals surface area contributed by atoms with Crippen LogP contribution in [-0.2, 0) is 18.5 Å². The zero-order valence-corrected chi connectivity index (χ0v) is 56.3. The molecule has 0 aliphatic rings. The number of fused-ring (bicyclic) bond motifs is 12. The summed E-state index contributed by atoms with van der Waals surface area (Å²) in [4.78, 5) is 0. The quantitative estimate of drug-likeness (QED) is 0.153. The molecule has 5 nitrogen and oxygen atoms in total. The van der Waals surface area contributed by atoms with Gasteiger partial charge in [-0.2, -0.15) is 44.8 Å². The van der Waals surface area contributed by atoms with Crippen LogP contribution in [0.3, 0.4) is 0 Å². The molecule has 4 aromatic heterocycles. The molecule has 16 rings (SSSR count). The first kappa shape index (κ1) is 64.7. The van der Waals surface area contributed by atoms with Crippen LogP contribution in [0.25, 0.3) is 132 Å². The number of nitriles is 1. The maximum Gasteiger partial charge on any atom is 0.417 e. The Labute approximate surface area is 570 Å². The highest BCUT2D eigenvalue weighted by molar-refractivity contribution is 6.15. The lowest BCUT2D eigenvalue weighted by molar-refractivity contribution is -0.138. The van der Waals surface area contributed by atoms with E-state index in [0.717, 1.165) is 134 Å². The third-order valence-electron chi connectivity index (χ3n) is 19.6. The average Bonchev–Trinajstić information content (AvgIpc) is 1.63. The van der Waals surface area contributed by atoms with Crippen molar-refractivity contribution in [3.05, 3.63) is 284 Å². The van der Waals surface area contributed by atoms with E-state index < -0.39 is 35.2 Å². The van der Waals surface area contributed by atoms with Gasteiger partial charge in [0.2, 0.25) is 0 Å². The average molecular weight is 1340 g/mol. The highest BCUT2D eigenvalue weighted by atomic mass is 19.4. The fraction of sp³-hybridized carbons (Fsp3) is 0.151. The van der Waals surface area contributed by atoms with Crippen molar-refractivity contribution in [1.82, 2.24) is 18.3 Å². The molecule has 0 radical (unpaired) electrons. The largest absolute Gasteiger partial charge is 0.417 e. The van der Waals surface area contributed by atoms with Crippen LogP contribution in [0.5, 0.6) is 0 Å². The summed E-state index contributed by atoms with van der Waals surface area (Å²) in [6.45, 7) is 19.2. The normalized spacial score (nSPS) is 12.3. The van der Waals surface area contributed by atoms with Crippen LogP contribution in [0.15, 0.2) is 206 Å². The molecule has 0 unspecified atom stereocenters. The second-order valence-corrected chi connectivity index (χ2v) is 26.9. The molecule has 100 heavy (non-hydrogen) atoms. The van der Waals surface area contributed by atoms with Crippen molar-refractivity contribution in [2.24, 2.45) is 0 Å². The van der Waals surface area contributed by atoms with Crippen molar-refractivity contribution in [1.29, 1.82) is 5.26 Å². The lowest BCUT2D eigenvalue weighted by atomic mass is 9.90. The Morgan fingerprint density at radius 1 is 0.260 bits per heavy atom. The minimum atomic E-state index is -4.82. The monoisotopic (exact) mass is 1340 g/mol. The highest BCUT2D eigenvalue weighted by Crippen LogP contribution is 2.52. The minimum absolute atomic E-state index is 0.00144. The van der Waals surface area contributed by atoms with Crippen LogP contribution >= 0.6 is 0 Å². The zero-order chi connectivity index (χ0) is 70.5. The Bertz CT molecular complexity index is 5660.